The number of rotatable bonds is 6. The zero-order chi connectivity index (χ0) is 22.5. The maximum absolute atomic E-state index is 11.8. The molecule has 4 rings (SSSR count). The van der Waals surface area contributed by atoms with Crippen molar-refractivity contribution in [1.82, 2.24) is 0 Å². The maximum atomic E-state index is 11.8. The van der Waals surface area contributed by atoms with Crippen molar-refractivity contribution in [1.29, 1.82) is 0 Å². The second-order valence-electron chi connectivity index (χ2n) is 8.80. The van der Waals surface area contributed by atoms with Gasteiger partial charge in [0.2, 0.25) is 0 Å². The first-order chi connectivity index (χ1) is 15.5. The first-order valence-electron chi connectivity index (χ1n) is 11.5. The van der Waals surface area contributed by atoms with Gasteiger partial charge in [-0.3, -0.25) is 0 Å². The Morgan fingerprint density at radius 3 is 2.38 bits per heavy atom. The maximum Gasteiger partial charge on any atom is 0.338 e. The van der Waals surface area contributed by atoms with Gasteiger partial charge >= 0.3 is 5.97 Å². The second-order valence-corrected chi connectivity index (χ2v) is 10.0. The van der Waals surface area contributed by atoms with E-state index in [9.17, 15) is 4.79 Å². The molecule has 1 aliphatic heterocycles. The molecule has 6 heteroatoms. The Bertz CT molecular complexity index is 909. The van der Waals surface area contributed by atoms with Gasteiger partial charge in [0.25, 0.3) is 0 Å². The summed E-state index contributed by atoms with van der Waals surface area (Å²) < 4.78 is 18.8. The van der Waals surface area contributed by atoms with Gasteiger partial charge in [-0.2, -0.15) is 0 Å². The molecule has 2 fully saturated rings. The summed E-state index contributed by atoms with van der Waals surface area (Å²) in [5.74, 6) is 0.677. The molecule has 32 heavy (non-hydrogen) atoms. The number of aryl methyl sites for hydroxylation is 1. The molecule has 5 nitrogen and oxygen atoms in total. The summed E-state index contributed by atoms with van der Waals surface area (Å²) in [7, 11) is 1.42. The molecular formula is C26H32INO4. The third-order valence-electron chi connectivity index (χ3n) is 6.50. The van der Waals surface area contributed by atoms with Crippen molar-refractivity contribution < 1.29 is 19.0 Å². The van der Waals surface area contributed by atoms with Crippen LogP contribution in [-0.2, 0) is 9.47 Å². The minimum absolute atomic E-state index is 0.241. The van der Waals surface area contributed by atoms with E-state index < -0.39 is 0 Å². The Morgan fingerprint density at radius 2 is 1.69 bits per heavy atom. The fourth-order valence-electron chi connectivity index (χ4n) is 4.74. The number of anilines is 1. The van der Waals surface area contributed by atoms with Crippen LogP contribution in [0.15, 0.2) is 42.5 Å². The zero-order valence-corrected chi connectivity index (χ0v) is 21.0. The van der Waals surface area contributed by atoms with Gasteiger partial charge in [0, 0.05) is 28.8 Å². The summed E-state index contributed by atoms with van der Waals surface area (Å²) in [4.78, 5) is 14.2. The van der Waals surface area contributed by atoms with E-state index in [0.717, 1.165) is 68.6 Å². The summed E-state index contributed by atoms with van der Waals surface area (Å²) in [5, 5.41) is 0. The SMILES string of the molecule is COC(=O)c1ccc(N2CCC(O[C@H]3CCC[C@@H](Oc4ccc(I)cc4)C3)CC2)cc1C. The molecule has 2 aliphatic rings. The van der Waals surface area contributed by atoms with Gasteiger partial charge in [0.05, 0.1) is 24.9 Å². The van der Waals surface area contributed by atoms with Crippen LogP contribution in [0.5, 0.6) is 5.75 Å². The molecule has 0 aromatic heterocycles. The molecule has 2 aromatic carbocycles. The Kier molecular flexibility index (Phi) is 7.94. The predicted molar refractivity (Wildman–Crippen MR) is 135 cm³/mol. The number of piperidine rings is 1. The molecule has 0 bridgehead atoms. The lowest BCUT2D eigenvalue weighted by molar-refractivity contribution is -0.0595. The Hall–Kier alpha value is -1.80. The van der Waals surface area contributed by atoms with E-state index in [4.69, 9.17) is 14.2 Å². The van der Waals surface area contributed by atoms with Gasteiger partial charge in [0.15, 0.2) is 0 Å². The van der Waals surface area contributed by atoms with E-state index in [1.165, 1.54) is 10.7 Å². The number of hydrogen-bond acceptors (Lipinski definition) is 5. The first-order valence-corrected chi connectivity index (χ1v) is 12.6. The molecule has 0 radical (unpaired) electrons. The Labute approximate surface area is 204 Å². The first kappa shape index (κ1) is 23.4. The van der Waals surface area contributed by atoms with Crippen molar-refractivity contribution in [2.45, 2.75) is 63.8 Å². The van der Waals surface area contributed by atoms with Crippen LogP contribution in [0.3, 0.4) is 0 Å². The summed E-state index contributed by atoms with van der Waals surface area (Å²) >= 11 is 2.32. The molecule has 0 amide bonds. The third-order valence-corrected chi connectivity index (χ3v) is 7.22. The molecule has 2 aromatic rings. The van der Waals surface area contributed by atoms with Crippen molar-refractivity contribution in [2.24, 2.45) is 0 Å². The zero-order valence-electron chi connectivity index (χ0n) is 18.9. The summed E-state index contributed by atoms with van der Waals surface area (Å²) in [6.07, 6.45) is 7.25. The highest BCUT2D eigenvalue weighted by atomic mass is 127. The molecule has 1 heterocycles. The molecule has 0 N–H and O–H groups in total. The quantitative estimate of drug-likeness (QED) is 0.339. The second kappa shape index (κ2) is 10.9. The van der Waals surface area contributed by atoms with E-state index in [-0.39, 0.29) is 18.2 Å². The van der Waals surface area contributed by atoms with Crippen LogP contribution >= 0.6 is 22.6 Å². The lowest BCUT2D eigenvalue weighted by Crippen LogP contribution is -2.40. The molecular weight excluding hydrogens is 517 g/mol. The van der Waals surface area contributed by atoms with Crippen molar-refractivity contribution in [3.63, 3.8) is 0 Å². The van der Waals surface area contributed by atoms with E-state index in [0.29, 0.717) is 11.7 Å². The predicted octanol–water partition coefficient (Wildman–Crippen LogP) is 5.76. The molecule has 1 aliphatic carbocycles. The number of methoxy groups -OCH3 is 1. The van der Waals surface area contributed by atoms with Crippen molar-refractivity contribution >= 4 is 34.2 Å². The van der Waals surface area contributed by atoms with Gasteiger partial charge < -0.3 is 19.1 Å². The number of nitrogens with zero attached hydrogens (tertiary/aromatic N) is 1. The third kappa shape index (κ3) is 5.95. The summed E-state index contributed by atoms with van der Waals surface area (Å²) in [5.41, 5.74) is 2.75. The van der Waals surface area contributed by atoms with Gasteiger partial charge in [-0.15, -0.1) is 0 Å². The van der Waals surface area contributed by atoms with Crippen LogP contribution in [0.1, 0.15) is 54.4 Å². The lowest BCUT2D eigenvalue weighted by Gasteiger charge is -2.37. The van der Waals surface area contributed by atoms with Crippen molar-refractivity contribution in [3.8, 4) is 5.75 Å². The number of esters is 1. The van der Waals surface area contributed by atoms with Gasteiger partial charge in [-0.05, 0) is 110 Å². The fourth-order valence-corrected chi connectivity index (χ4v) is 5.10. The minimum Gasteiger partial charge on any atom is -0.490 e. The molecule has 0 unspecified atom stereocenters. The van der Waals surface area contributed by atoms with Crippen LogP contribution in [0.2, 0.25) is 0 Å². The van der Waals surface area contributed by atoms with Gasteiger partial charge in [-0.1, -0.05) is 0 Å². The van der Waals surface area contributed by atoms with Crippen LogP contribution in [0, 0.1) is 10.5 Å². The molecule has 2 atom stereocenters. The fraction of sp³-hybridized carbons (Fsp3) is 0.500. The van der Waals surface area contributed by atoms with E-state index >= 15 is 0 Å². The number of ether oxygens (including phenoxy) is 3. The van der Waals surface area contributed by atoms with Crippen LogP contribution in [-0.4, -0.2) is 44.5 Å². The summed E-state index contributed by atoms with van der Waals surface area (Å²) in [6, 6.07) is 14.3. The number of halogens is 1. The molecule has 1 saturated carbocycles. The van der Waals surface area contributed by atoms with Crippen molar-refractivity contribution in [2.75, 3.05) is 25.1 Å². The van der Waals surface area contributed by atoms with Crippen LogP contribution < -0.4 is 9.64 Å². The summed E-state index contributed by atoms with van der Waals surface area (Å²) in [6.45, 7) is 3.90. The number of carbonyl (C=O) groups excluding carboxylic acids is 1. The lowest BCUT2D eigenvalue weighted by atomic mass is 9.94. The number of carbonyl (C=O) groups is 1. The molecule has 0 spiro atoms. The average Bonchev–Trinajstić information content (AvgIpc) is 2.81. The number of hydrogen-bond donors (Lipinski definition) is 0. The highest BCUT2D eigenvalue weighted by Gasteiger charge is 2.28. The average molecular weight is 549 g/mol. The number of benzene rings is 2. The van der Waals surface area contributed by atoms with E-state index in [1.807, 2.05) is 19.1 Å². The van der Waals surface area contributed by atoms with Crippen LogP contribution in [0.25, 0.3) is 0 Å². The topological polar surface area (TPSA) is 48.0 Å². The van der Waals surface area contributed by atoms with Gasteiger partial charge in [0.1, 0.15) is 11.9 Å². The highest BCUT2D eigenvalue weighted by molar-refractivity contribution is 14.1. The van der Waals surface area contributed by atoms with E-state index in [1.54, 1.807) is 0 Å². The van der Waals surface area contributed by atoms with Crippen LogP contribution in [0.4, 0.5) is 5.69 Å². The highest BCUT2D eigenvalue weighted by Crippen LogP contribution is 2.30. The molecule has 1 saturated heterocycles. The van der Waals surface area contributed by atoms with Crippen molar-refractivity contribution in [3.05, 3.63) is 57.2 Å². The Balaban J connectivity index is 1.26. The smallest absolute Gasteiger partial charge is 0.338 e. The standard InChI is InChI=1S/C26H32INO4/c1-18-16-20(8-11-25(18)26(29)30-2)28-14-12-22(13-15-28)32-24-5-3-4-23(17-24)31-21-9-6-19(27)7-10-21/h6-11,16,22-24H,3-5,12-15,17H2,1-2H3/t23-,24+/m1/s1. The molecule has 172 valence electrons. The normalized spacial score (nSPS) is 21.9. The monoisotopic (exact) mass is 549 g/mol. The largest absolute Gasteiger partial charge is 0.490 e. The minimum atomic E-state index is -0.280. The van der Waals surface area contributed by atoms with E-state index in [2.05, 4.69) is 57.8 Å². The Morgan fingerprint density at radius 1 is 0.969 bits per heavy atom. The van der Waals surface area contributed by atoms with Gasteiger partial charge in [-0.25, -0.2) is 4.79 Å².